The van der Waals surface area contributed by atoms with Crippen LogP contribution in [0.2, 0.25) is 0 Å². The molecule has 0 bridgehead atoms. The number of anilines is 1. The molecule has 0 radical (unpaired) electrons. The Hall–Kier alpha value is -2.96. The zero-order valence-electron chi connectivity index (χ0n) is 18.1. The number of methoxy groups -OCH3 is 1. The van der Waals surface area contributed by atoms with E-state index < -0.39 is 12.0 Å². The fourth-order valence-electron chi connectivity index (χ4n) is 4.98. The number of esters is 1. The molecule has 2 amide bonds. The molecule has 2 aliphatic rings. The molecule has 0 saturated carbocycles. The Kier molecular flexibility index (Phi) is 5.22. The first-order valence-corrected chi connectivity index (χ1v) is 10.6. The first kappa shape index (κ1) is 20.3. The minimum atomic E-state index is -0.660. The second kappa shape index (κ2) is 7.70. The van der Waals surface area contributed by atoms with E-state index in [9.17, 15) is 9.59 Å². The Morgan fingerprint density at radius 1 is 1.20 bits per heavy atom. The van der Waals surface area contributed by atoms with Gasteiger partial charge in [0.25, 0.3) is 0 Å². The number of amides is 2. The van der Waals surface area contributed by atoms with Gasteiger partial charge in [0, 0.05) is 31.5 Å². The third-order valence-electron chi connectivity index (χ3n) is 6.51. The molecule has 1 aromatic heterocycles. The molecule has 160 valence electrons. The van der Waals surface area contributed by atoms with Crippen molar-refractivity contribution in [1.29, 1.82) is 0 Å². The van der Waals surface area contributed by atoms with Crippen LogP contribution in [-0.4, -0.2) is 54.3 Å². The van der Waals surface area contributed by atoms with Gasteiger partial charge in [-0.25, -0.2) is 9.59 Å². The number of fused-ring (bicyclic) bond motifs is 4. The maximum absolute atomic E-state index is 12.7. The number of carbonyl (C=O) groups excluding carboxylic acids is 2. The van der Waals surface area contributed by atoms with Crippen molar-refractivity contribution in [3.63, 3.8) is 0 Å². The minimum Gasteiger partial charge on any atom is -0.467 e. The van der Waals surface area contributed by atoms with Crippen LogP contribution in [0, 0.1) is 6.92 Å². The van der Waals surface area contributed by atoms with Crippen molar-refractivity contribution in [2.24, 2.45) is 0 Å². The maximum Gasteiger partial charge on any atom is 0.328 e. The fourth-order valence-corrected chi connectivity index (χ4v) is 4.98. The van der Waals surface area contributed by atoms with Crippen LogP contribution in [0.3, 0.4) is 0 Å². The Labute approximate surface area is 177 Å². The highest BCUT2D eigenvalue weighted by Gasteiger charge is 2.47. The maximum atomic E-state index is 12.7. The summed E-state index contributed by atoms with van der Waals surface area (Å²) in [5, 5.41) is 2.75. The predicted molar refractivity (Wildman–Crippen MR) is 116 cm³/mol. The average molecular weight is 411 g/mol. The van der Waals surface area contributed by atoms with Crippen molar-refractivity contribution in [1.82, 2.24) is 14.8 Å². The molecule has 0 aliphatic carbocycles. The van der Waals surface area contributed by atoms with Crippen LogP contribution < -0.4 is 10.2 Å². The van der Waals surface area contributed by atoms with Gasteiger partial charge in [0.05, 0.1) is 24.0 Å². The SMILES string of the molecule is CCN1c2cc(C)ccc2-n2cccc2C12CCN(C(=O)N[C@@H](C)C(=O)OC)CC2. The number of nitrogens with one attached hydrogen (secondary N) is 1. The monoisotopic (exact) mass is 410 g/mol. The van der Waals surface area contributed by atoms with Gasteiger partial charge in [-0.1, -0.05) is 6.07 Å². The summed E-state index contributed by atoms with van der Waals surface area (Å²) in [6.07, 6.45) is 3.80. The number of hydrogen-bond acceptors (Lipinski definition) is 4. The molecule has 4 rings (SSSR count). The second-order valence-electron chi connectivity index (χ2n) is 8.21. The number of carbonyl (C=O) groups is 2. The summed E-state index contributed by atoms with van der Waals surface area (Å²) >= 11 is 0. The summed E-state index contributed by atoms with van der Waals surface area (Å²) in [4.78, 5) is 28.6. The molecule has 7 nitrogen and oxygen atoms in total. The van der Waals surface area contributed by atoms with Crippen molar-refractivity contribution in [3.05, 3.63) is 47.8 Å². The van der Waals surface area contributed by atoms with E-state index in [1.54, 1.807) is 11.8 Å². The molecule has 1 atom stereocenters. The highest BCUT2D eigenvalue weighted by molar-refractivity contribution is 5.83. The Balaban J connectivity index is 1.60. The highest BCUT2D eigenvalue weighted by atomic mass is 16.5. The van der Waals surface area contributed by atoms with Crippen LogP contribution in [0.25, 0.3) is 5.69 Å². The lowest BCUT2D eigenvalue weighted by molar-refractivity contribution is -0.142. The molecular formula is C23H30N4O3. The topological polar surface area (TPSA) is 66.8 Å². The van der Waals surface area contributed by atoms with Crippen molar-refractivity contribution >= 4 is 17.7 Å². The number of aryl methyl sites for hydroxylation is 1. The van der Waals surface area contributed by atoms with E-state index in [1.165, 1.54) is 29.7 Å². The number of aromatic nitrogens is 1. The van der Waals surface area contributed by atoms with Gasteiger partial charge in [-0.2, -0.15) is 0 Å². The zero-order valence-corrected chi connectivity index (χ0v) is 18.1. The molecule has 1 saturated heterocycles. The van der Waals surface area contributed by atoms with E-state index in [4.69, 9.17) is 4.74 Å². The van der Waals surface area contributed by atoms with E-state index in [2.05, 4.69) is 65.2 Å². The van der Waals surface area contributed by atoms with E-state index in [0.717, 1.165) is 19.4 Å². The van der Waals surface area contributed by atoms with Crippen molar-refractivity contribution in [2.75, 3.05) is 31.6 Å². The van der Waals surface area contributed by atoms with Crippen molar-refractivity contribution in [3.8, 4) is 5.69 Å². The van der Waals surface area contributed by atoms with Crippen LogP contribution >= 0.6 is 0 Å². The summed E-state index contributed by atoms with van der Waals surface area (Å²) in [5.74, 6) is -0.439. The Bertz CT molecular complexity index is 959. The number of nitrogens with zero attached hydrogens (tertiary/aromatic N) is 3. The smallest absolute Gasteiger partial charge is 0.328 e. The van der Waals surface area contributed by atoms with E-state index in [-0.39, 0.29) is 11.6 Å². The van der Waals surface area contributed by atoms with Crippen molar-refractivity contribution < 1.29 is 14.3 Å². The molecule has 1 spiro atoms. The quantitative estimate of drug-likeness (QED) is 0.790. The number of piperidine rings is 1. The van der Waals surface area contributed by atoms with Crippen LogP contribution in [0.4, 0.5) is 10.5 Å². The number of hydrogen-bond donors (Lipinski definition) is 1. The lowest BCUT2D eigenvalue weighted by Crippen LogP contribution is -2.58. The second-order valence-corrected chi connectivity index (χ2v) is 8.21. The summed E-state index contributed by atoms with van der Waals surface area (Å²) in [6.45, 7) is 8.12. The first-order chi connectivity index (χ1) is 14.4. The molecule has 0 unspecified atom stereocenters. The molecule has 30 heavy (non-hydrogen) atoms. The standard InChI is InChI=1S/C23H30N4O3/c1-5-27-19-15-16(2)8-9-18(19)26-12-6-7-20(26)23(27)10-13-25(14-11-23)22(29)24-17(3)21(28)30-4/h6-9,12,15,17H,5,10-11,13-14H2,1-4H3,(H,24,29)/t17-/m0/s1. The highest BCUT2D eigenvalue weighted by Crippen LogP contribution is 2.48. The zero-order chi connectivity index (χ0) is 21.5. The van der Waals surface area contributed by atoms with Gasteiger partial charge in [-0.15, -0.1) is 0 Å². The van der Waals surface area contributed by atoms with E-state index in [1.807, 2.05) is 0 Å². The number of ether oxygens (including phenoxy) is 1. The number of rotatable bonds is 3. The lowest BCUT2D eigenvalue weighted by atomic mass is 9.80. The summed E-state index contributed by atoms with van der Waals surface area (Å²) in [7, 11) is 1.33. The molecule has 1 aromatic carbocycles. The van der Waals surface area contributed by atoms with Crippen LogP contribution in [0.15, 0.2) is 36.5 Å². The fraction of sp³-hybridized carbons (Fsp3) is 0.478. The normalized spacial score (nSPS) is 17.9. The van der Waals surface area contributed by atoms with Crippen LogP contribution in [0.1, 0.15) is 37.9 Å². The first-order valence-electron chi connectivity index (χ1n) is 10.6. The van der Waals surface area contributed by atoms with Gasteiger partial charge in [0.1, 0.15) is 6.04 Å². The van der Waals surface area contributed by atoms with Gasteiger partial charge in [-0.3, -0.25) is 0 Å². The van der Waals surface area contributed by atoms with Gasteiger partial charge < -0.3 is 24.4 Å². The molecule has 1 fully saturated rings. The molecule has 1 N–H and O–H groups in total. The summed E-state index contributed by atoms with van der Waals surface area (Å²) in [6, 6.07) is 10.1. The molecule has 7 heteroatoms. The molecule has 3 heterocycles. The number of benzene rings is 1. The number of likely N-dealkylation sites (tertiary alicyclic amines) is 1. The lowest BCUT2D eigenvalue weighted by Gasteiger charge is -2.53. The Morgan fingerprint density at radius 2 is 1.93 bits per heavy atom. The van der Waals surface area contributed by atoms with Crippen LogP contribution in [0.5, 0.6) is 0 Å². The number of urea groups is 1. The van der Waals surface area contributed by atoms with E-state index >= 15 is 0 Å². The van der Waals surface area contributed by atoms with Gasteiger partial charge in [0.2, 0.25) is 0 Å². The Morgan fingerprint density at radius 3 is 2.60 bits per heavy atom. The minimum absolute atomic E-state index is 0.149. The summed E-state index contributed by atoms with van der Waals surface area (Å²) in [5.41, 5.74) is 4.83. The van der Waals surface area contributed by atoms with Crippen LogP contribution in [-0.2, 0) is 15.1 Å². The van der Waals surface area contributed by atoms with Gasteiger partial charge >= 0.3 is 12.0 Å². The predicted octanol–water partition coefficient (Wildman–Crippen LogP) is 3.19. The molecule has 2 aliphatic heterocycles. The van der Waals surface area contributed by atoms with E-state index in [0.29, 0.717) is 13.1 Å². The average Bonchev–Trinajstić information content (AvgIpc) is 3.24. The van der Waals surface area contributed by atoms with Crippen molar-refractivity contribution in [2.45, 2.75) is 45.2 Å². The largest absolute Gasteiger partial charge is 0.467 e. The summed E-state index contributed by atoms with van der Waals surface area (Å²) < 4.78 is 7.01. The molecule has 2 aromatic rings. The third kappa shape index (κ3) is 3.13. The third-order valence-corrected chi connectivity index (χ3v) is 6.51. The molecular weight excluding hydrogens is 380 g/mol. The van der Waals surface area contributed by atoms with Gasteiger partial charge in [0.15, 0.2) is 0 Å². The van der Waals surface area contributed by atoms with Gasteiger partial charge in [-0.05, 0) is 63.4 Å².